The van der Waals surface area contributed by atoms with Crippen LogP contribution in [0.2, 0.25) is 0 Å². The van der Waals surface area contributed by atoms with E-state index in [2.05, 4.69) is 49.4 Å². The van der Waals surface area contributed by atoms with Gasteiger partial charge in [-0.1, -0.05) is 30.8 Å². The zero-order valence-corrected chi connectivity index (χ0v) is 22.4. The SMILES string of the molecule is C=Nc1nc(/C(N)=N/O)nc(N[C@H](C)C2CCC2)c1N(CNCc1cn(C)nc1C)CC1CCCCC1. The summed E-state index contributed by atoms with van der Waals surface area (Å²) in [5, 5.41) is 24.1. The molecule has 0 amide bonds. The molecule has 5 N–H and O–H groups in total. The highest BCUT2D eigenvalue weighted by Crippen LogP contribution is 2.38. The molecule has 0 aromatic carbocycles. The summed E-state index contributed by atoms with van der Waals surface area (Å²) in [6.07, 6.45) is 11.9. The van der Waals surface area contributed by atoms with Crippen molar-refractivity contribution in [3.8, 4) is 0 Å². The maximum Gasteiger partial charge on any atom is 0.208 e. The van der Waals surface area contributed by atoms with Crippen molar-refractivity contribution in [2.24, 2.45) is 34.8 Å². The number of hydrogen-bond acceptors (Lipinski definition) is 9. The van der Waals surface area contributed by atoms with E-state index in [9.17, 15) is 5.21 Å². The molecule has 4 rings (SSSR count). The first-order chi connectivity index (χ1) is 17.9. The van der Waals surface area contributed by atoms with Gasteiger partial charge in [0, 0.05) is 37.9 Å². The van der Waals surface area contributed by atoms with Crippen LogP contribution in [0.25, 0.3) is 0 Å². The molecule has 0 unspecified atom stereocenters. The molecule has 2 aliphatic rings. The van der Waals surface area contributed by atoms with Crippen molar-refractivity contribution in [3.63, 3.8) is 0 Å². The monoisotopic (exact) mass is 510 g/mol. The molecule has 1 atom stereocenters. The number of aryl methyl sites for hydroxylation is 2. The number of hydrogen-bond donors (Lipinski definition) is 4. The molecule has 2 aliphatic carbocycles. The Morgan fingerprint density at radius 2 is 2.00 bits per heavy atom. The Hall–Kier alpha value is -3.21. The van der Waals surface area contributed by atoms with Crippen molar-refractivity contribution in [3.05, 3.63) is 23.3 Å². The molecule has 11 heteroatoms. The molecule has 0 aliphatic heterocycles. The normalized spacial score (nSPS) is 17.9. The molecular formula is C26H42N10O. The van der Waals surface area contributed by atoms with Gasteiger partial charge < -0.3 is 21.2 Å². The fourth-order valence-electron chi connectivity index (χ4n) is 5.44. The lowest BCUT2D eigenvalue weighted by Crippen LogP contribution is -2.40. The van der Waals surface area contributed by atoms with Crippen molar-refractivity contribution in [1.82, 2.24) is 25.1 Å². The summed E-state index contributed by atoms with van der Waals surface area (Å²) in [7, 11) is 1.94. The summed E-state index contributed by atoms with van der Waals surface area (Å²) in [6.45, 7) is 10.2. The standard InChI is InChI=1S/C26H42N10O/c1-17(20-11-8-12-20)30-25-22(24(28-3)31-26(32-25)23(27)34-37)36(14-19-9-6-5-7-10-19)16-29-13-21-15-35(4)33-18(21)2/h15,17,19-20,29,37H,3,5-14,16H2,1-2,4H3,(H2,27,34)(H,30,31,32)/t17-/m1/s1. The molecule has 2 fully saturated rings. The minimum absolute atomic E-state index is 0.133. The third-order valence-corrected chi connectivity index (χ3v) is 7.83. The first-order valence-corrected chi connectivity index (χ1v) is 13.5. The molecule has 202 valence electrons. The minimum Gasteiger partial charge on any atom is -0.409 e. The summed E-state index contributed by atoms with van der Waals surface area (Å²) in [4.78, 5) is 15.8. The smallest absolute Gasteiger partial charge is 0.208 e. The number of nitrogens with zero attached hydrogens (tertiary/aromatic N) is 7. The molecule has 0 spiro atoms. The fourth-order valence-corrected chi connectivity index (χ4v) is 5.44. The van der Waals surface area contributed by atoms with Gasteiger partial charge in [0.15, 0.2) is 11.6 Å². The van der Waals surface area contributed by atoms with E-state index in [4.69, 9.17) is 10.7 Å². The molecule has 2 saturated carbocycles. The largest absolute Gasteiger partial charge is 0.409 e. The maximum absolute atomic E-state index is 9.29. The van der Waals surface area contributed by atoms with Gasteiger partial charge in [-0.15, -0.1) is 0 Å². The Morgan fingerprint density at radius 3 is 2.59 bits per heavy atom. The summed E-state index contributed by atoms with van der Waals surface area (Å²) < 4.78 is 1.84. The molecule has 0 saturated heterocycles. The molecule has 37 heavy (non-hydrogen) atoms. The van der Waals surface area contributed by atoms with Crippen LogP contribution in [-0.4, -0.2) is 56.8 Å². The second-order valence-electron chi connectivity index (χ2n) is 10.6. The third-order valence-electron chi connectivity index (χ3n) is 7.83. The zero-order chi connectivity index (χ0) is 26.4. The van der Waals surface area contributed by atoms with Gasteiger partial charge in [0.05, 0.1) is 12.4 Å². The van der Waals surface area contributed by atoms with Crippen molar-refractivity contribution in [1.29, 1.82) is 0 Å². The third kappa shape index (κ3) is 6.57. The first-order valence-electron chi connectivity index (χ1n) is 13.5. The van der Waals surface area contributed by atoms with Crippen LogP contribution >= 0.6 is 0 Å². The van der Waals surface area contributed by atoms with Crippen LogP contribution in [0.15, 0.2) is 16.3 Å². The number of amidine groups is 1. The highest BCUT2D eigenvalue weighted by atomic mass is 16.4. The van der Waals surface area contributed by atoms with Crippen molar-refractivity contribution >= 4 is 29.9 Å². The number of rotatable bonds is 12. The average molecular weight is 511 g/mol. The van der Waals surface area contributed by atoms with Crippen LogP contribution in [-0.2, 0) is 13.6 Å². The van der Waals surface area contributed by atoms with Crippen LogP contribution in [0, 0.1) is 18.8 Å². The van der Waals surface area contributed by atoms with Gasteiger partial charge in [0.25, 0.3) is 0 Å². The van der Waals surface area contributed by atoms with Gasteiger partial charge in [-0.3, -0.25) is 10.00 Å². The predicted molar refractivity (Wildman–Crippen MR) is 148 cm³/mol. The molecule has 2 aromatic rings. The molecular weight excluding hydrogens is 468 g/mol. The van der Waals surface area contributed by atoms with E-state index in [1.165, 1.54) is 51.4 Å². The lowest BCUT2D eigenvalue weighted by molar-refractivity contribution is 0.285. The number of anilines is 2. The van der Waals surface area contributed by atoms with Crippen molar-refractivity contribution in [2.45, 2.75) is 77.8 Å². The lowest BCUT2D eigenvalue weighted by atomic mass is 9.80. The lowest BCUT2D eigenvalue weighted by Gasteiger charge is -2.35. The van der Waals surface area contributed by atoms with E-state index >= 15 is 0 Å². The van der Waals surface area contributed by atoms with E-state index < -0.39 is 0 Å². The van der Waals surface area contributed by atoms with Crippen molar-refractivity contribution in [2.75, 3.05) is 23.4 Å². The molecule has 0 radical (unpaired) electrons. The van der Waals surface area contributed by atoms with E-state index in [1.807, 2.05) is 24.9 Å². The Balaban J connectivity index is 1.67. The number of nitrogens with one attached hydrogen (secondary N) is 2. The van der Waals surface area contributed by atoms with Crippen LogP contribution in [0.4, 0.5) is 17.3 Å². The Morgan fingerprint density at radius 1 is 1.24 bits per heavy atom. The van der Waals surface area contributed by atoms with Gasteiger partial charge in [0.2, 0.25) is 11.7 Å². The van der Waals surface area contributed by atoms with Crippen LogP contribution in [0.5, 0.6) is 0 Å². The zero-order valence-electron chi connectivity index (χ0n) is 22.4. The molecule has 0 bridgehead atoms. The van der Waals surface area contributed by atoms with Gasteiger partial charge in [-0.2, -0.15) is 5.10 Å². The molecule has 11 nitrogen and oxygen atoms in total. The predicted octanol–water partition coefficient (Wildman–Crippen LogP) is 3.68. The number of nitrogens with two attached hydrogens (primary N) is 1. The molecule has 2 aromatic heterocycles. The second kappa shape index (κ2) is 12.4. The minimum atomic E-state index is -0.153. The summed E-state index contributed by atoms with van der Waals surface area (Å²) in [5.74, 6) is 2.22. The summed E-state index contributed by atoms with van der Waals surface area (Å²) in [6, 6.07) is 0.225. The van der Waals surface area contributed by atoms with E-state index in [0.29, 0.717) is 36.7 Å². The van der Waals surface area contributed by atoms with Gasteiger partial charge >= 0.3 is 0 Å². The topological polar surface area (TPSA) is 142 Å². The fraction of sp³-hybridized carbons (Fsp3) is 0.654. The summed E-state index contributed by atoms with van der Waals surface area (Å²) in [5.41, 5.74) is 8.89. The Labute approximate surface area is 219 Å². The van der Waals surface area contributed by atoms with Crippen molar-refractivity contribution < 1.29 is 5.21 Å². The summed E-state index contributed by atoms with van der Waals surface area (Å²) >= 11 is 0. The van der Waals surface area contributed by atoms with Crippen LogP contribution < -0.4 is 21.3 Å². The number of oxime groups is 1. The Kier molecular flexibility index (Phi) is 8.96. The molecule has 2 heterocycles. The number of aromatic nitrogens is 4. The number of aliphatic imine (C=N–C) groups is 1. The Bertz CT molecular complexity index is 1090. The van der Waals surface area contributed by atoms with Gasteiger partial charge in [0.1, 0.15) is 5.69 Å². The van der Waals surface area contributed by atoms with Gasteiger partial charge in [-0.25, -0.2) is 15.0 Å². The quantitative estimate of drug-likeness (QED) is 0.111. The maximum atomic E-state index is 9.29. The van der Waals surface area contributed by atoms with E-state index in [1.54, 1.807) is 0 Å². The first kappa shape index (κ1) is 26.8. The van der Waals surface area contributed by atoms with Crippen LogP contribution in [0.3, 0.4) is 0 Å². The van der Waals surface area contributed by atoms with E-state index in [-0.39, 0.29) is 17.7 Å². The van der Waals surface area contributed by atoms with E-state index in [0.717, 1.165) is 23.5 Å². The average Bonchev–Trinajstić information content (AvgIpc) is 3.18. The highest BCUT2D eigenvalue weighted by Gasteiger charge is 2.29. The highest BCUT2D eigenvalue weighted by molar-refractivity contribution is 5.95. The van der Waals surface area contributed by atoms with Crippen LogP contribution in [0.1, 0.15) is 75.4 Å². The second-order valence-corrected chi connectivity index (χ2v) is 10.6. The van der Waals surface area contributed by atoms with Gasteiger partial charge in [-0.05, 0) is 58.1 Å².